The van der Waals surface area contributed by atoms with Crippen molar-refractivity contribution in [2.75, 3.05) is 0 Å². The zero-order chi connectivity index (χ0) is 13.4. The lowest BCUT2D eigenvalue weighted by atomic mass is 10.1. The highest BCUT2D eigenvalue weighted by Crippen LogP contribution is 2.26. The third-order valence-electron chi connectivity index (χ3n) is 2.92. The van der Waals surface area contributed by atoms with Gasteiger partial charge in [0.15, 0.2) is 5.76 Å². The molecule has 0 bridgehead atoms. The van der Waals surface area contributed by atoms with E-state index in [1.54, 1.807) is 6.07 Å². The maximum absolute atomic E-state index is 11.6. The highest BCUT2D eigenvalue weighted by molar-refractivity contribution is 6.68. The SMILES string of the molecule is Cc1ccc(-c2cc(C(=O)Cl)c3ccccc3n2)o1. The monoisotopic (exact) mass is 271 g/mol. The fraction of sp³-hybridized carbons (Fsp3) is 0.0667. The van der Waals surface area contributed by atoms with Gasteiger partial charge < -0.3 is 4.42 Å². The van der Waals surface area contributed by atoms with Crippen molar-refractivity contribution >= 4 is 27.7 Å². The largest absolute Gasteiger partial charge is 0.460 e. The van der Waals surface area contributed by atoms with Crippen LogP contribution in [-0.2, 0) is 0 Å². The summed E-state index contributed by atoms with van der Waals surface area (Å²) in [6.45, 7) is 1.86. The molecule has 0 atom stereocenters. The molecule has 2 aromatic heterocycles. The van der Waals surface area contributed by atoms with Gasteiger partial charge in [-0.15, -0.1) is 0 Å². The first kappa shape index (κ1) is 11.9. The van der Waals surface area contributed by atoms with Crippen molar-refractivity contribution in [1.29, 1.82) is 0 Å². The quantitative estimate of drug-likeness (QED) is 0.657. The molecule has 0 N–H and O–H groups in total. The van der Waals surface area contributed by atoms with Gasteiger partial charge in [-0.1, -0.05) is 18.2 Å². The summed E-state index contributed by atoms with van der Waals surface area (Å²) in [6, 6.07) is 12.7. The number of hydrogen-bond donors (Lipinski definition) is 0. The van der Waals surface area contributed by atoms with Crippen LogP contribution in [0.25, 0.3) is 22.4 Å². The third-order valence-corrected chi connectivity index (χ3v) is 3.12. The number of benzene rings is 1. The molecular formula is C15H10ClNO2. The summed E-state index contributed by atoms with van der Waals surface area (Å²) < 4.78 is 5.54. The number of nitrogens with zero attached hydrogens (tertiary/aromatic N) is 1. The number of furan rings is 1. The van der Waals surface area contributed by atoms with Gasteiger partial charge >= 0.3 is 0 Å². The Morgan fingerprint density at radius 2 is 2.00 bits per heavy atom. The molecule has 2 heterocycles. The second-order valence-corrected chi connectivity index (χ2v) is 4.60. The van der Waals surface area contributed by atoms with Crippen LogP contribution >= 0.6 is 11.6 Å². The van der Waals surface area contributed by atoms with E-state index >= 15 is 0 Å². The molecule has 0 aliphatic rings. The zero-order valence-corrected chi connectivity index (χ0v) is 10.9. The van der Waals surface area contributed by atoms with Crippen LogP contribution in [0, 0.1) is 6.92 Å². The Balaban J connectivity index is 2.30. The van der Waals surface area contributed by atoms with Gasteiger partial charge in [-0.05, 0) is 42.8 Å². The first-order valence-electron chi connectivity index (χ1n) is 5.81. The first-order valence-corrected chi connectivity index (χ1v) is 6.19. The second-order valence-electron chi connectivity index (χ2n) is 4.26. The van der Waals surface area contributed by atoms with Gasteiger partial charge in [-0.25, -0.2) is 4.98 Å². The zero-order valence-electron chi connectivity index (χ0n) is 10.2. The number of aromatic nitrogens is 1. The van der Waals surface area contributed by atoms with E-state index in [1.165, 1.54) is 0 Å². The predicted octanol–water partition coefficient (Wildman–Crippen LogP) is 4.18. The van der Waals surface area contributed by atoms with E-state index in [2.05, 4.69) is 4.98 Å². The minimum atomic E-state index is -0.497. The van der Waals surface area contributed by atoms with E-state index in [-0.39, 0.29) is 0 Å². The lowest BCUT2D eigenvalue weighted by Crippen LogP contribution is -1.95. The van der Waals surface area contributed by atoms with Crippen molar-refractivity contribution in [2.45, 2.75) is 6.92 Å². The summed E-state index contributed by atoms with van der Waals surface area (Å²) >= 11 is 5.65. The van der Waals surface area contributed by atoms with Crippen molar-refractivity contribution in [3.05, 3.63) is 53.8 Å². The average Bonchev–Trinajstić information content (AvgIpc) is 2.84. The van der Waals surface area contributed by atoms with Gasteiger partial charge in [0.2, 0.25) is 0 Å². The van der Waals surface area contributed by atoms with Crippen LogP contribution in [-0.4, -0.2) is 10.2 Å². The fourth-order valence-electron chi connectivity index (χ4n) is 2.04. The van der Waals surface area contributed by atoms with Crippen LogP contribution in [0.15, 0.2) is 46.9 Å². The molecule has 0 fully saturated rings. The molecule has 0 saturated carbocycles. The molecule has 19 heavy (non-hydrogen) atoms. The molecule has 0 aliphatic heterocycles. The molecule has 3 nitrogen and oxygen atoms in total. The van der Waals surface area contributed by atoms with Gasteiger partial charge in [0, 0.05) is 10.9 Å². The number of aryl methyl sites for hydroxylation is 1. The highest BCUT2D eigenvalue weighted by Gasteiger charge is 2.13. The normalized spacial score (nSPS) is 10.8. The van der Waals surface area contributed by atoms with Crippen molar-refractivity contribution < 1.29 is 9.21 Å². The lowest BCUT2D eigenvalue weighted by Gasteiger charge is -2.05. The molecule has 4 heteroatoms. The summed E-state index contributed by atoms with van der Waals surface area (Å²) in [5.74, 6) is 1.42. The number of para-hydroxylation sites is 1. The number of pyridine rings is 1. The van der Waals surface area contributed by atoms with Crippen molar-refractivity contribution in [1.82, 2.24) is 4.98 Å². The third kappa shape index (κ3) is 2.13. The second kappa shape index (κ2) is 4.52. The number of fused-ring (bicyclic) bond motifs is 1. The summed E-state index contributed by atoms with van der Waals surface area (Å²) in [5.41, 5.74) is 1.77. The topological polar surface area (TPSA) is 43.1 Å². The molecule has 0 spiro atoms. The average molecular weight is 272 g/mol. The Labute approximate surface area is 114 Å². The molecule has 0 saturated heterocycles. The molecule has 94 valence electrons. The van der Waals surface area contributed by atoms with Gasteiger partial charge in [-0.3, -0.25) is 4.79 Å². The van der Waals surface area contributed by atoms with E-state index in [0.29, 0.717) is 17.0 Å². The smallest absolute Gasteiger partial charge is 0.253 e. The molecule has 0 aliphatic carbocycles. The maximum atomic E-state index is 11.6. The number of rotatable bonds is 2. The van der Waals surface area contributed by atoms with E-state index in [4.69, 9.17) is 16.0 Å². The Morgan fingerprint density at radius 1 is 1.21 bits per heavy atom. The molecule has 0 unspecified atom stereocenters. The molecule has 0 radical (unpaired) electrons. The molecular weight excluding hydrogens is 262 g/mol. The Kier molecular flexibility index (Phi) is 2.84. The van der Waals surface area contributed by atoms with Gasteiger partial charge in [0.25, 0.3) is 5.24 Å². The van der Waals surface area contributed by atoms with Gasteiger partial charge in [0.05, 0.1) is 5.52 Å². The molecule has 3 rings (SSSR count). The molecule has 1 aromatic carbocycles. The predicted molar refractivity (Wildman–Crippen MR) is 74.4 cm³/mol. The first-order chi connectivity index (χ1) is 9.15. The van der Waals surface area contributed by atoms with E-state index in [9.17, 15) is 4.79 Å². The minimum absolute atomic E-state index is 0.441. The van der Waals surface area contributed by atoms with Crippen molar-refractivity contribution in [2.24, 2.45) is 0 Å². The molecule has 0 amide bonds. The van der Waals surface area contributed by atoms with Gasteiger partial charge in [-0.2, -0.15) is 0 Å². The summed E-state index contributed by atoms with van der Waals surface area (Å²) in [5, 5.41) is 0.248. The Hall–Kier alpha value is -2.13. The maximum Gasteiger partial charge on any atom is 0.253 e. The summed E-state index contributed by atoms with van der Waals surface area (Å²) in [7, 11) is 0. The standard InChI is InChI=1S/C15H10ClNO2/c1-9-6-7-14(19-9)13-8-11(15(16)18)10-4-2-3-5-12(10)17-13/h2-8H,1H3. The van der Waals surface area contributed by atoms with Crippen LogP contribution in [0.4, 0.5) is 0 Å². The van der Waals surface area contributed by atoms with Crippen LogP contribution in [0.5, 0.6) is 0 Å². The van der Waals surface area contributed by atoms with Crippen LogP contribution in [0.2, 0.25) is 0 Å². The van der Waals surface area contributed by atoms with E-state index < -0.39 is 5.24 Å². The summed E-state index contributed by atoms with van der Waals surface area (Å²) in [4.78, 5) is 16.1. The number of hydrogen-bond acceptors (Lipinski definition) is 3. The van der Waals surface area contributed by atoms with Crippen molar-refractivity contribution in [3.8, 4) is 11.5 Å². The fourth-order valence-corrected chi connectivity index (χ4v) is 2.19. The number of carbonyl (C=O) groups excluding carboxylic acids is 1. The van der Waals surface area contributed by atoms with E-state index in [0.717, 1.165) is 16.7 Å². The molecule has 3 aromatic rings. The van der Waals surface area contributed by atoms with Crippen LogP contribution in [0.1, 0.15) is 16.1 Å². The number of halogens is 1. The lowest BCUT2D eigenvalue weighted by molar-refractivity contribution is 0.108. The number of carbonyl (C=O) groups is 1. The van der Waals surface area contributed by atoms with E-state index in [1.807, 2.05) is 43.3 Å². The summed E-state index contributed by atoms with van der Waals surface area (Å²) in [6.07, 6.45) is 0. The van der Waals surface area contributed by atoms with Crippen LogP contribution < -0.4 is 0 Å². The highest BCUT2D eigenvalue weighted by atomic mass is 35.5. The Bertz CT molecular complexity index is 777. The Morgan fingerprint density at radius 3 is 2.68 bits per heavy atom. The minimum Gasteiger partial charge on any atom is -0.460 e. The van der Waals surface area contributed by atoms with Gasteiger partial charge in [0.1, 0.15) is 11.5 Å². The van der Waals surface area contributed by atoms with Crippen LogP contribution in [0.3, 0.4) is 0 Å². The van der Waals surface area contributed by atoms with Crippen molar-refractivity contribution in [3.63, 3.8) is 0 Å².